The summed E-state index contributed by atoms with van der Waals surface area (Å²) < 4.78 is 0. The third-order valence-corrected chi connectivity index (χ3v) is 2.36. The van der Waals surface area contributed by atoms with Gasteiger partial charge in [0.15, 0.2) is 0 Å². The van der Waals surface area contributed by atoms with Gasteiger partial charge >= 0.3 is 5.97 Å². The topological polar surface area (TPSA) is 66.4 Å². The van der Waals surface area contributed by atoms with Crippen LogP contribution in [0.2, 0.25) is 5.02 Å². The molecule has 72 valence electrons. The maximum Gasteiger partial charge on any atom is 0.337 e. The van der Waals surface area contributed by atoms with Crippen LogP contribution in [-0.4, -0.2) is 17.0 Å². The van der Waals surface area contributed by atoms with Gasteiger partial charge in [0.2, 0.25) is 5.91 Å². The molecule has 1 aromatic rings. The Bertz CT molecular complexity index is 442. The van der Waals surface area contributed by atoms with E-state index in [0.717, 1.165) is 0 Å². The van der Waals surface area contributed by atoms with Crippen LogP contribution in [0.3, 0.4) is 0 Å². The summed E-state index contributed by atoms with van der Waals surface area (Å²) in [5.41, 5.74) is 1.31. The molecule has 1 heterocycles. The molecule has 2 rings (SSSR count). The fourth-order valence-electron chi connectivity index (χ4n) is 1.41. The van der Waals surface area contributed by atoms with Crippen LogP contribution in [-0.2, 0) is 11.2 Å². The predicted molar refractivity (Wildman–Crippen MR) is 50.7 cm³/mol. The average molecular weight is 212 g/mol. The summed E-state index contributed by atoms with van der Waals surface area (Å²) in [5, 5.41) is 11.5. The Morgan fingerprint density at radius 3 is 2.86 bits per heavy atom. The zero-order valence-electron chi connectivity index (χ0n) is 7.00. The van der Waals surface area contributed by atoms with Crippen LogP contribution in [0.5, 0.6) is 0 Å². The monoisotopic (exact) mass is 211 g/mol. The maximum absolute atomic E-state index is 11.0. The van der Waals surface area contributed by atoms with E-state index in [9.17, 15) is 9.59 Å². The van der Waals surface area contributed by atoms with Gasteiger partial charge in [-0.3, -0.25) is 4.79 Å². The van der Waals surface area contributed by atoms with Crippen LogP contribution in [0.25, 0.3) is 0 Å². The number of halogens is 1. The van der Waals surface area contributed by atoms with Crippen LogP contribution in [0.4, 0.5) is 5.69 Å². The largest absolute Gasteiger partial charge is 0.478 e. The van der Waals surface area contributed by atoms with E-state index in [4.69, 9.17) is 16.7 Å². The van der Waals surface area contributed by atoms with Gasteiger partial charge in [-0.2, -0.15) is 0 Å². The number of hydrogen-bond donors (Lipinski definition) is 2. The SMILES string of the molecule is O=C1Cc2cc(C(=O)O)c(Cl)cc2N1. The second kappa shape index (κ2) is 2.99. The van der Waals surface area contributed by atoms with Crippen LogP contribution in [0.15, 0.2) is 12.1 Å². The standard InChI is InChI=1S/C9H6ClNO3/c10-6-3-7-4(2-8(12)11-7)1-5(6)9(13)14/h1,3H,2H2,(H,11,12)(H,13,14). The van der Waals surface area contributed by atoms with E-state index in [2.05, 4.69) is 5.32 Å². The van der Waals surface area contributed by atoms with Gasteiger partial charge in [-0.15, -0.1) is 0 Å². The highest BCUT2D eigenvalue weighted by Crippen LogP contribution is 2.29. The van der Waals surface area contributed by atoms with E-state index in [0.29, 0.717) is 11.3 Å². The number of benzene rings is 1. The van der Waals surface area contributed by atoms with Crippen LogP contribution < -0.4 is 5.32 Å². The number of nitrogens with one attached hydrogen (secondary N) is 1. The first kappa shape index (κ1) is 9.02. The molecule has 0 aromatic heterocycles. The van der Waals surface area contributed by atoms with Crippen LogP contribution >= 0.6 is 11.6 Å². The number of carbonyl (C=O) groups excluding carboxylic acids is 1. The average Bonchev–Trinajstić information content (AvgIpc) is 2.42. The van der Waals surface area contributed by atoms with Gasteiger partial charge in [0.25, 0.3) is 0 Å². The molecule has 14 heavy (non-hydrogen) atoms. The van der Waals surface area contributed by atoms with Gasteiger partial charge in [0.1, 0.15) is 0 Å². The molecule has 0 atom stereocenters. The molecule has 0 bridgehead atoms. The van der Waals surface area contributed by atoms with Crippen molar-refractivity contribution in [2.24, 2.45) is 0 Å². The van der Waals surface area contributed by atoms with E-state index >= 15 is 0 Å². The molecule has 1 aliphatic heterocycles. The summed E-state index contributed by atoms with van der Waals surface area (Å²) in [6, 6.07) is 2.89. The number of aromatic carboxylic acids is 1. The van der Waals surface area contributed by atoms with Gasteiger partial charge in [-0.1, -0.05) is 11.6 Å². The molecule has 0 saturated heterocycles. The van der Waals surface area contributed by atoms with E-state index in [1.54, 1.807) is 0 Å². The Morgan fingerprint density at radius 1 is 1.50 bits per heavy atom. The molecule has 0 fully saturated rings. The van der Waals surface area contributed by atoms with Gasteiger partial charge < -0.3 is 10.4 Å². The first-order valence-corrected chi connectivity index (χ1v) is 4.31. The summed E-state index contributed by atoms with van der Waals surface area (Å²) in [6.07, 6.45) is 0.215. The molecular formula is C9H6ClNO3. The number of hydrogen-bond acceptors (Lipinski definition) is 2. The van der Waals surface area contributed by atoms with Gasteiger partial charge in [-0.25, -0.2) is 4.79 Å². The summed E-state index contributed by atoms with van der Waals surface area (Å²) >= 11 is 5.72. The lowest BCUT2D eigenvalue weighted by molar-refractivity contribution is -0.115. The van der Waals surface area contributed by atoms with Crippen LogP contribution in [0, 0.1) is 0 Å². The third-order valence-electron chi connectivity index (χ3n) is 2.05. The second-order valence-corrected chi connectivity index (χ2v) is 3.43. The zero-order valence-corrected chi connectivity index (χ0v) is 7.76. The highest BCUT2D eigenvalue weighted by atomic mass is 35.5. The minimum absolute atomic E-state index is 0.0296. The molecule has 2 N–H and O–H groups in total. The second-order valence-electron chi connectivity index (χ2n) is 3.02. The number of carboxylic acids is 1. The van der Waals surface area contributed by atoms with Crippen molar-refractivity contribution in [1.82, 2.24) is 0 Å². The number of anilines is 1. The van der Waals surface area contributed by atoms with E-state index < -0.39 is 5.97 Å². The highest BCUT2D eigenvalue weighted by Gasteiger charge is 2.21. The Morgan fingerprint density at radius 2 is 2.21 bits per heavy atom. The number of carboxylic acid groups (broad SMARTS) is 1. The normalized spacial score (nSPS) is 13.6. The lowest BCUT2D eigenvalue weighted by Crippen LogP contribution is -2.03. The predicted octanol–water partition coefficient (Wildman–Crippen LogP) is 1.53. The van der Waals surface area contributed by atoms with Crippen molar-refractivity contribution in [3.63, 3.8) is 0 Å². The molecule has 4 nitrogen and oxygen atoms in total. The number of carbonyl (C=O) groups is 2. The third kappa shape index (κ3) is 1.33. The molecule has 0 unspecified atom stereocenters. The first-order valence-electron chi connectivity index (χ1n) is 3.93. The molecule has 1 aliphatic rings. The molecule has 0 aliphatic carbocycles. The maximum atomic E-state index is 11.0. The lowest BCUT2D eigenvalue weighted by Gasteiger charge is -2.02. The summed E-state index contributed by atoms with van der Waals surface area (Å²) in [4.78, 5) is 21.7. The van der Waals surface area contributed by atoms with Crippen molar-refractivity contribution in [2.75, 3.05) is 5.32 Å². The number of fused-ring (bicyclic) bond motifs is 1. The Labute approximate surface area is 84.5 Å². The highest BCUT2D eigenvalue weighted by molar-refractivity contribution is 6.34. The van der Waals surface area contributed by atoms with Crippen molar-refractivity contribution in [1.29, 1.82) is 0 Å². The van der Waals surface area contributed by atoms with Crippen molar-refractivity contribution >= 4 is 29.2 Å². The Kier molecular flexibility index (Phi) is 1.93. The van der Waals surface area contributed by atoms with Crippen LogP contribution in [0.1, 0.15) is 15.9 Å². The Balaban J connectivity index is 2.55. The summed E-state index contributed by atoms with van der Waals surface area (Å²) in [7, 11) is 0. The summed E-state index contributed by atoms with van der Waals surface area (Å²) in [5.74, 6) is -1.23. The molecule has 1 amide bonds. The van der Waals surface area contributed by atoms with Crippen molar-refractivity contribution in [2.45, 2.75) is 6.42 Å². The van der Waals surface area contributed by atoms with Crippen molar-refractivity contribution in [3.8, 4) is 0 Å². The number of rotatable bonds is 1. The smallest absolute Gasteiger partial charge is 0.337 e. The Hall–Kier alpha value is -1.55. The van der Waals surface area contributed by atoms with E-state index in [1.165, 1.54) is 12.1 Å². The molecule has 5 heteroatoms. The van der Waals surface area contributed by atoms with Gasteiger partial charge in [-0.05, 0) is 17.7 Å². The van der Waals surface area contributed by atoms with Gasteiger partial charge in [0, 0.05) is 5.69 Å². The quantitative estimate of drug-likeness (QED) is 0.740. The fraction of sp³-hybridized carbons (Fsp3) is 0.111. The summed E-state index contributed by atoms with van der Waals surface area (Å²) in [6.45, 7) is 0. The minimum atomic E-state index is -1.09. The zero-order chi connectivity index (χ0) is 10.3. The number of amides is 1. The molecule has 1 aromatic carbocycles. The van der Waals surface area contributed by atoms with E-state index in [1.807, 2.05) is 0 Å². The lowest BCUT2D eigenvalue weighted by atomic mass is 10.1. The van der Waals surface area contributed by atoms with Gasteiger partial charge in [0.05, 0.1) is 17.0 Å². The first-order chi connectivity index (χ1) is 6.58. The minimum Gasteiger partial charge on any atom is -0.478 e. The fourth-order valence-corrected chi connectivity index (χ4v) is 1.66. The molecule has 0 saturated carbocycles. The van der Waals surface area contributed by atoms with Crippen molar-refractivity contribution in [3.05, 3.63) is 28.3 Å². The molecule has 0 radical (unpaired) electrons. The molecular weight excluding hydrogens is 206 g/mol. The van der Waals surface area contributed by atoms with Crippen molar-refractivity contribution < 1.29 is 14.7 Å². The van der Waals surface area contributed by atoms with E-state index in [-0.39, 0.29) is 22.9 Å². The molecule has 0 spiro atoms.